The van der Waals surface area contributed by atoms with E-state index >= 15 is 0 Å². The van der Waals surface area contributed by atoms with Gasteiger partial charge in [-0.2, -0.15) is 0 Å². The number of thioether (sulfide) groups is 1. The molecule has 0 unspecified atom stereocenters. The molecule has 2 aromatic rings. The van der Waals surface area contributed by atoms with Gasteiger partial charge in [-0.1, -0.05) is 17.8 Å². The lowest BCUT2D eigenvalue weighted by Crippen LogP contribution is -2.34. The highest BCUT2D eigenvalue weighted by Gasteiger charge is 2.35. The number of amides is 1. The summed E-state index contributed by atoms with van der Waals surface area (Å²) in [6.45, 7) is 2.59. The number of hydrogen-bond donors (Lipinski definition) is 0. The van der Waals surface area contributed by atoms with Crippen LogP contribution in [-0.2, 0) is 11.3 Å². The minimum absolute atomic E-state index is 0.202. The van der Waals surface area contributed by atoms with E-state index in [0.717, 1.165) is 55.6 Å². The maximum Gasteiger partial charge on any atom is 0.237 e. The normalized spacial score (nSPS) is 19.4. The Hall–Kier alpha value is -2.22. The Morgan fingerprint density at radius 1 is 1.16 bits per heavy atom. The molecule has 0 bridgehead atoms. The molecule has 31 heavy (non-hydrogen) atoms. The van der Waals surface area contributed by atoms with E-state index in [1.165, 1.54) is 49.6 Å². The standard InChI is InChI=1S/C23H31N5O2S/c29-21(28(19-11-12-19)18-8-3-1-4-9-18)17-31-23-25-24-22(26-13-5-2-6-14-26)27(23)16-20-10-7-15-30-20/h7-8,10,15,19H,1-6,9,11-14,16-17H2. The summed E-state index contributed by atoms with van der Waals surface area (Å²) in [5.41, 5.74) is 1.24. The Bertz CT molecular complexity index is 913. The van der Waals surface area contributed by atoms with E-state index in [1.807, 2.05) is 12.1 Å². The van der Waals surface area contributed by atoms with Gasteiger partial charge in [0, 0.05) is 24.8 Å². The molecule has 1 saturated carbocycles. The zero-order valence-electron chi connectivity index (χ0n) is 18.0. The molecule has 2 fully saturated rings. The Morgan fingerprint density at radius 2 is 2.03 bits per heavy atom. The summed E-state index contributed by atoms with van der Waals surface area (Å²) in [6.07, 6.45) is 14.4. The fraction of sp³-hybridized carbons (Fsp3) is 0.609. The van der Waals surface area contributed by atoms with E-state index in [9.17, 15) is 4.79 Å². The van der Waals surface area contributed by atoms with Gasteiger partial charge in [0.1, 0.15) is 5.76 Å². The van der Waals surface area contributed by atoms with Crippen molar-refractivity contribution in [2.24, 2.45) is 0 Å². The smallest absolute Gasteiger partial charge is 0.237 e. The summed E-state index contributed by atoms with van der Waals surface area (Å²) < 4.78 is 7.71. The molecule has 1 saturated heterocycles. The zero-order chi connectivity index (χ0) is 21.0. The van der Waals surface area contributed by atoms with Crippen molar-refractivity contribution in [1.82, 2.24) is 19.7 Å². The molecular weight excluding hydrogens is 410 g/mol. The van der Waals surface area contributed by atoms with Gasteiger partial charge < -0.3 is 14.2 Å². The largest absolute Gasteiger partial charge is 0.467 e. The lowest BCUT2D eigenvalue weighted by molar-refractivity contribution is -0.127. The molecule has 1 amide bonds. The van der Waals surface area contributed by atoms with E-state index in [4.69, 9.17) is 4.42 Å². The highest BCUT2D eigenvalue weighted by Crippen LogP contribution is 2.35. The maximum absolute atomic E-state index is 13.2. The molecule has 0 spiro atoms. The van der Waals surface area contributed by atoms with Gasteiger partial charge in [0.2, 0.25) is 11.9 Å². The Kier molecular flexibility index (Phi) is 6.34. The lowest BCUT2D eigenvalue weighted by Gasteiger charge is -2.28. The van der Waals surface area contributed by atoms with Gasteiger partial charge in [-0.15, -0.1) is 10.2 Å². The zero-order valence-corrected chi connectivity index (χ0v) is 18.9. The molecule has 5 rings (SSSR count). The molecule has 8 heteroatoms. The topological polar surface area (TPSA) is 67.4 Å². The highest BCUT2D eigenvalue weighted by molar-refractivity contribution is 7.99. The van der Waals surface area contributed by atoms with Crippen LogP contribution in [0.4, 0.5) is 5.95 Å². The van der Waals surface area contributed by atoms with Gasteiger partial charge >= 0.3 is 0 Å². The fourth-order valence-corrected chi connectivity index (χ4v) is 5.37. The number of carbonyl (C=O) groups excluding carboxylic acids is 1. The van der Waals surface area contributed by atoms with Crippen LogP contribution in [0.3, 0.4) is 0 Å². The third-order valence-electron chi connectivity index (χ3n) is 6.31. The predicted molar refractivity (Wildman–Crippen MR) is 121 cm³/mol. The van der Waals surface area contributed by atoms with E-state index in [-0.39, 0.29) is 5.91 Å². The molecule has 166 valence electrons. The van der Waals surface area contributed by atoms with Crippen molar-refractivity contribution in [3.63, 3.8) is 0 Å². The molecular formula is C23H31N5O2S. The van der Waals surface area contributed by atoms with Crippen LogP contribution in [0.15, 0.2) is 39.7 Å². The summed E-state index contributed by atoms with van der Waals surface area (Å²) in [7, 11) is 0. The van der Waals surface area contributed by atoms with Gasteiger partial charge in [0.05, 0.1) is 18.6 Å². The summed E-state index contributed by atoms with van der Waals surface area (Å²) >= 11 is 1.50. The molecule has 2 aliphatic carbocycles. The molecule has 0 radical (unpaired) electrons. The molecule has 0 atom stereocenters. The number of anilines is 1. The number of rotatable bonds is 8. The summed E-state index contributed by atoms with van der Waals surface area (Å²) in [5, 5.41) is 9.79. The molecule has 3 heterocycles. The van der Waals surface area contributed by atoms with E-state index in [2.05, 4.69) is 30.6 Å². The van der Waals surface area contributed by atoms with Gasteiger partial charge in [-0.05, 0) is 69.9 Å². The monoisotopic (exact) mass is 441 g/mol. The number of furan rings is 1. The van der Waals surface area contributed by atoms with E-state index < -0.39 is 0 Å². The van der Waals surface area contributed by atoms with E-state index in [0.29, 0.717) is 18.3 Å². The van der Waals surface area contributed by atoms with Crippen molar-refractivity contribution in [3.8, 4) is 0 Å². The maximum atomic E-state index is 13.2. The fourth-order valence-electron chi connectivity index (χ4n) is 4.58. The number of piperidine rings is 1. The van der Waals surface area contributed by atoms with Crippen LogP contribution in [0.1, 0.15) is 63.5 Å². The first-order valence-electron chi connectivity index (χ1n) is 11.6. The van der Waals surface area contributed by atoms with Crippen molar-refractivity contribution in [3.05, 3.63) is 35.9 Å². The quantitative estimate of drug-likeness (QED) is 0.564. The average Bonchev–Trinajstić information content (AvgIpc) is 3.35. The second kappa shape index (κ2) is 9.51. The molecule has 2 aromatic heterocycles. The Balaban J connectivity index is 1.32. The van der Waals surface area contributed by atoms with Crippen molar-refractivity contribution in [2.75, 3.05) is 23.7 Å². The highest BCUT2D eigenvalue weighted by atomic mass is 32.2. The average molecular weight is 442 g/mol. The van der Waals surface area contributed by atoms with Crippen LogP contribution in [0, 0.1) is 0 Å². The number of aromatic nitrogens is 3. The van der Waals surface area contributed by atoms with Crippen LogP contribution >= 0.6 is 11.8 Å². The van der Waals surface area contributed by atoms with Crippen LogP contribution in [0.2, 0.25) is 0 Å². The third-order valence-corrected chi connectivity index (χ3v) is 7.26. The van der Waals surface area contributed by atoms with Crippen LogP contribution < -0.4 is 4.90 Å². The minimum Gasteiger partial charge on any atom is -0.467 e. The molecule has 1 aliphatic heterocycles. The van der Waals surface area contributed by atoms with Crippen LogP contribution in [0.25, 0.3) is 0 Å². The van der Waals surface area contributed by atoms with Crippen molar-refractivity contribution >= 4 is 23.6 Å². The van der Waals surface area contributed by atoms with Crippen LogP contribution in [-0.4, -0.2) is 50.5 Å². The van der Waals surface area contributed by atoms with Crippen LogP contribution in [0.5, 0.6) is 0 Å². The summed E-state index contributed by atoms with van der Waals surface area (Å²) in [4.78, 5) is 17.6. The summed E-state index contributed by atoms with van der Waals surface area (Å²) in [5.74, 6) is 2.36. The summed E-state index contributed by atoms with van der Waals surface area (Å²) in [6, 6.07) is 4.29. The number of hydrogen-bond acceptors (Lipinski definition) is 6. The SMILES string of the molecule is O=C(CSc1nnc(N2CCCCC2)n1Cc1ccco1)N(C1=CCCCC1)C1CC1. The number of nitrogens with zero attached hydrogens (tertiary/aromatic N) is 5. The van der Waals surface area contributed by atoms with Crippen molar-refractivity contribution < 1.29 is 9.21 Å². The number of carbonyl (C=O) groups is 1. The third kappa shape index (κ3) is 4.84. The number of allylic oxidation sites excluding steroid dienone is 2. The molecule has 0 N–H and O–H groups in total. The van der Waals surface area contributed by atoms with Crippen molar-refractivity contribution in [1.29, 1.82) is 0 Å². The van der Waals surface area contributed by atoms with Gasteiger partial charge in [-0.25, -0.2) is 0 Å². The van der Waals surface area contributed by atoms with E-state index in [1.54, 1.807) is 6.26 Å². The van der Waals surface area contributed by atoms with Crippen molar-refractivity contribution in [2.45, 2.75) is 75.5 Å². The Morgan fingerprint density at radius 3 is 2.74 bits per heavy atom. The van der Waals surface area contributed by atoms with Gasteiger partial charge in [0.25, 0.3) is 0 Å². The minimum atomic E-state index is 0.202. The van der Waals surface area contributed by atoms with Gasteiger partial charge in [0.15, 0.2) is 5.16 Å². The first kappa shape index (κ1) is 20.7. The predicted octanol–water partition coefficient (Wildman–Crippen LogP) is 4.45. The first-order chi connectivity index (χ1) is 15.3. The molecule has 0 aromatic carbocycles. The molecule has 7 nitrogen and oxygen atoms in total. The Labute approximate surface area is 187 Å². The first-order valence-corrected chi connectivity index (χ1v) is 12.6. The molecule has 3 aliphatic rings. The van der Waals surface area contributed by atoms with Gasteiger partial charge in [-0.3, -0.25) is 9.36 Å². The second-order valence-electron chi connectivity index (χ2n) is 8.72. The lowest BCUT2D eigenvalue weighted by atomic mass is 10.0. The second-order valence-corrected chi connectivity index (χ2v) is 9.66.